The van der Waals surface area contributed by atoms with Crippen molar-refractivity contribution >= 4 is 5.57 Å². The van der Waals surface area contributed by atoms with E-state index in [4.69, 9.17) is 0 Å². The summed E-state index contributed by atoms with van der Waals surface area (Å²) in [6.07, 6.45) is 3.16. The molecule has 1 aromatic rings. The van der Waals surface area contributed by atoms with Crippen LogP contribution in [0.5, 0.6) is 0 Å². The summed E-state index contributed by atoms with van der Waals surface area (Å²) in [5.74, 6) is -3.71. The predicted molar refractivity (Wildman–Crippen MR) is 92.7 cm³/mol. The van der Waals surface area contributed by atoms with Gasteiger partial charge in [0.2, 0.25) is 0 Å². The lowest BCUT2D eigenvalue weighted by atomic mass is 9.77. The van der Waals surface area contributed by atoms with Crippen LogP contribution >= 0.6 is 0 Å². The van der Waals surface area contributed by atoms with Gasteiger partial charge in [-0.3, -0.25) is 0 Å². The number of hydrogen-bond donors (Lipinski definition) is 0. The van der Waals surface area contributed by atoms with Crippen LogP contribution in [0.1, 0.15) is 68.9 Å². The SMILES string of the molecule is CCC1CCC(c2cc(F)c(C3=CC(F)=C(F)C(F)CC3)c(F)c2)CC1. The number of benzene rings is 1. The molecule has 2 aliphatic rings. The van der Waals surface area contributed by atoms with E-state index in [-0.39, 0.29) is 29.9 Å². The minimum Gasteiger partial charge on any atom is -0.240 e. The number of hydrogen-bond acceptors (Lipinski definition) is 0. The second-order valence-corrected chi connectivity index (χ2v) is 7.36. The molecule has 0 saturated heterocycles. The molecule has 0 aromatic heterocycles. The van der Waals surface area contributed by atoms with E-state index >= 15 is 0 Å². The number of rotatable bonds is 3. The quantitative estimate of drug-likeness (QED) is 0.489. The Morgan fingerprint density at radius 1 is 0.923 bits per heavy atom. The van der Waals surface area contributed by atoms with Gasteiger partial charge in [-0.25, -0.2) is 22.0 Å². The molecule has 5 heteroatoms. The smallest absolute Gasteiger partial charge is 0.170 e. The first kappa shape index (κ1) is 19.1. The molecule has 0 N–H and O–H groups in total. The summed E-state index contributed by atoms with van der Waals surface area (Å²) < 4.78 is 69.8. The van der Waals surface area contributed by atoms with Gasteiger partial charge in [0.15, 0.2) is 17.8 Å². The summed E-state index contributed by atoms with van der Waals surface area (Å²) >= 11 is 0. The van der Waals surface area contributed by atoms with Gasteiger partial charge in [-0.15, -0.1) is 0 Å². The number of halogens is 5. The van der Waals surface area contributed by atoms with Crippen molar-refractivity contribution in [2.45, 2.75) is 64.0 Å². The van der Waals surface area contributed by atoms with Gasteiger partial charge in [0.1, 0.15) is 11.6 Å². The molecule has 142 valence electrons. The van der Waals surface area contributed by atoms with E-state index in [1.165, 1.54) is 12.1 Å². The fraction of sp³-hybridized carbons (Fsp3) is 0.524. The molecule has 1 fully saturated rings. The van der Waals surface area contributed by atoms with E-state index in [0.29, 0.717) is 17.6 Å². The lowest BCUT2D eigenvalue weighted by Gasteiger charge is -2.28. The Kier molecular flexibility index (Phi) is 5.83. The van der Waals surface area contributed by atoms with E-state index in [9.17, 15) is 22.0 Å². The summed E-state index contributed by atoms with van der Waals surface area (Å²) in [6.45, 7) is 2.15. The molecular formula is C21H23F5. The fourth-order valence-electron chi connectivity index (χ4n) is 4.09. The fourth-order valence-corrected chi connectivity index (χ4v) is 4.09. The minimum atomic E-state index is -2.08. The van der Waals surface area contributed by atoms with Crippen LogP contribution in [0.3, 0.4) is 0 Å². The van der Waals surface area contributed by atoms with E-state index in [1.807, 2.05) is 0 Å². The summed E-state index contributed by atoms with van der Waals surface area (Å²) in [4.78, 5) is 0. The van der Waals surface area contributed by atoms with Gasteiger partial charge in [0, 0.05) is 5.56 Å². The Bertz CT molecular complexity index is 703. The average Bonchev–Trinajstić information content (AvgIpc) is 2.75. The van der Waals surface area contributed by atoms with E-state index in [0.717, 1.165) is 32.1 Å². The van der Waals surface area contributed by atoms with Crippen LogP contribution in [0.25, 0.3) is 5.57 Å². The van der Waals surface area contributed by atoms with Gasteiger partial charge < -0.3 is 0 Å². The number of allylic oxidation sites excluding steroid dienone is 4. The topological polar surface area (TPSA) is 0 Å². The highest BCUT2D eigenvalue weighted by Crippen LogP contribution is 2.40. The van der Waals surface area contributed by atoms with Gasteiger partial charge in [0.25, 0.3) is 0 Å². The third kappa shape index (κ3) is 3.86. The maximum absolute atomic E-state index is 14.6. The lowest BCUT2D eigenvalue weighted by molar-refractivity contribution is 0.303. The summed E-state index contributed by atoms with van der Waals surface area (Å²) in [5, 5.41) is 0. The van der Waals surface area contributed by atoms with Gasteiger partial charge in [-0.2, -0.15) is 0 Å². The third-order valence-corrected chi connectivity index (χ3v) is 5.75. The molecule has 0 amide bonds. The highest BCUT2D eigenvalue weighted by atomic mass is 19.2. The van der Waals surface area contributed by atoms with Gasteiger partial charge in [-0.05, 0) is 79.7 Å². The molecule has 0 bridgehead atoms. The van der Waals surface area contributed by atoms with Crippen molar-refractivity contribution < 1.29 is 22.0 Å². The standard InChI is InChI=1S/C21H23F5/c1-2-12-3-5-13(6-4-12)15-10-17(23)20(18(24)11-15)14-7-8-16(22)21(26)19(25)9-14/h9-13,16H,2-8H2,1H3. The lowest BCUT2D eigenvalue weighted by Crippen LogP contribution is -2.13. The van der Waals surface area contributed by atoms with Crippen LogP contribution in [-0.2, 0) is 0 Å². The van der Waals surface area contributed by atoms with Crippen LogP contribution in [-0.4, -0.2) is 6.17 Å². The second-order valence-electron chi connectivity index (χ2n) is 7.36. The average molecular weight is 370 g/mol. The van der Waals surface area contributed by atoms with Crippen molar-refractivity contribution in [3.8, 4) is 0 Å². The van der Waals surface area contributed by atoms with Gasteiger partial charge >= 0.3 is 0 Å². The maximum Gasteiger partial charge on any atom is 0.170 e. The zero-order valence-corrected chi connectivity index (χ0v) is 14.8. The predicted octanol–water partition coefficient (Wildman–Crippen LogP) is 7.31. The maximum atomic E-state index is 14.6. The van der Waals surface area contributed by atoms with Crippen LogP contribution in [0.4, 0.5) is 22.0 Å². The summed E-state index contributed by atoms with van der Waals surface area (Å²) in [5.41, 5.74) is 0.181. The first-order valence-electron chi connectivity index (χ1n) is 9.29. The molecule has 1 atom stereocenters. The first-order chi connectivity index (χ1) is 12.4. The highest BCUT2D eigenvalue weighted by Gasteiger charge is 2.27. The molecule has 26 heavy (non-hydrogen) atoms. The van der Waals surface area contributed by atoms with Crippen LogP contribution in [0, 0.1) is 17.6 Å². The molecule has 1 unspecified atom stereocenters. The summed E-state index contributed by atoms with van der Waals surface area (Å²) in [6, 6.07) is 2.60. The third-order valence-electron chi connectivity index (χ3n) is 5.75. The van der Waals surface area contributed by atoms with Crippen LogP contribution < -0.4 is 0 Å². The second kappa shape index (κ2) is 7.93. The van der Waals surface area contributed by atoms with E-state index in [1.54, 1.807) is 0 Å². The van der Waals surface area contributed by atoms with Crippen molar-refractivity contribution in [2.24, 2.45) is 5.92 Å². The molecule has 2 aliphatic carbocycles. The molecule has 0 nitrogen and oxygen atoms in total. The molecule has 1 saturated carbocycles. The minimum absolute atomic E-state index is 0.0472. The Labute approximate surface area is 150 Å². The first-order valence-corrected chi connectivity index (χ1v) is 9.29. The Morgan fingerprint density at radius 2 is 1.54 bits per heavy atom. The molecule has 1 aromatic carbocycles. The Hall–Kier alpha value is -1.65. The van der Waals surface area contributed by atoms with Gasteiger partial charge in [0.05, 0.1) is 0 Å². The summed E-state index contributed by atoms with van der Waals surface area (Å²) in [7, 11) is 0. The van der Waals surface area contributed by atoms with Crippen molar-refractivity contribution in [3.63, 3.8) is 0 Å². The van der Waals surface area contributed by atoms with Crippen LogP contribution in [0.2, 0.25) is 0 Å². The van der Waals surface area contributed by atoms with Crippen LogP contribution in [0.15, 0.2) is 29.9 Å². The normalized spacial score (nSPS) is 27.3. The largest absolute Gasteiger partial charge is 0.240 e. The zero-order valence-electron chi connectivity index (χ0n) is 14.8. The number of alkyl halides is 1. The van der Waals surface area contributed by atoms with E-state index in [2.05, 4.69) is 6.92 Å². The van der Waals surface area contributed by atoms with Crippen molar-refractivity contribution in [3.05, 3.63) is 52.6 Å². The molecule has 0 heterocycles. The highest BCUT2D eigenvalue weighted by molar-refractivity contribution is 5.70. The zero-order chi connectivity index (χ0) is 18.8. The monoisotopic (exact) mass is 370 g/mol. The van der Waals surface area contributed by atoms with Gasteiger partial charge in [-0.1, -0.05) is 13.3 Å². The molecule has 0 radical (unpaired) electrons. The molecule has 0 spiro atoms. The van der Waals surface area contributed by atoms with Crippen molar-refractivity contribution in [1.82, 2.24) is 0 Å². The Balaban J connectivity index is 1.88. The van der Waals surface area contributed by atoms with Crippen molar-refractivity contribution in [2.75, 3.05) is 0 Å². The van der Waals surface area contributed by atoms with Crippen molar-refractivity contribution in [1.29, 1.82) is 0 Å². The molecule has 3 rings (SSSR count). The Morgan fingerprint density at radius 3 is 2.12 bits per heavy atom. The molecule has 0 aliphatic heterocycles. The molecular weight excluding hydrogens is 347 g/mol. The van der Waals surface area contributed by atoms with E-state index < -0.39 is 29.5 Å².